The number of nitrogens with one attached hydrogen (secondary N) is 1. The molecule has 1 aliphatic carbocycles. The Morgan fingerprint density at radius 3 is 2.72 bits per heavy atom. The van der Waals surface area contributed by atoms with Crippen LogP contribution in [0.1, 0.15) is 39.0 Å². The number of aromatic nitrogens is 1. The zero-order chi connectivity index (χ0) is 23.1. The van der Waals surface area contributed by atoms with Gasteiger partial charge in [-0.3, -0.25) is 9.59 Å². The van der Waals surface area contributed by atoms with Gasteiger partial charge in [0, 0.05) is 12.6 Å². The lowest BCUT2D eigenvalue weighted by molar-refractivity contribution is -0.119. The third-order valence-corrected chi connectivity index (χ3v) is 7.59. The molecule has 10 heteroatoms. The lowest BCUT2D eigenvalue weighted by Crippen LogP contribution is -2.40. The molecule has 1 heterocycles. The Balaban J connectivity index is 1.75. The van der Waals surface area contributed by atoms with E-state index in [1.54, 1.807) is 10.6 Å². The van der Waals surface area contributed by atoms with Crippen LogP contribution >= 0.6 is 11.3 Å². The Morgan fingerprint density at radius 1 is 1.28 bits per heavy atom. The fourth-order valence-electron chi connectivity index (χ4n) is 3.79. The average Bonchev–Trinajstić information content (AvgIpc) is 3.04. The number of allylic oxidation sites excluding steroid dienone is 1. The van der Waals surface area contributed by atoms with Gasteiger partial charge in [0.2, 0.25) is 5.91 Å². The summed E-state index contributed by atoms with van der Waals surface area (Å²) in [6.07, 6.45) is 6.60. The first-order valence-corrected chi connectivity index (χ1v) is 13.4. The number of thiazole rings is 1. The van der Waals surface area contributed by atoms with Gasteiger partial charge in [-0.15, -0.1) is 6.58 Å². The second kappa shape index (κ2) is 10.9. The summed E-state index contributed by atoms with van der Waals surface area (Å²) in [5.74, 6) is -2.17. The highest BCUT2D eigenvalue weighted by molar-refractivity contribution is 7.92. The quantitative estimate of drug-likeness (QED) is 0.557. The third-order valence-electron chi connectivity index (χ3n) is 5.16. The predicted octanol–water partition coefficient (Wildman–Crippen LogP) is 2.58. The number of hydrogen-bond donors (Lipinski definition) is 1. The first-order chi connectivity index (χ1) is 15.3. The number of rotatable bonds is 9. The molecular formula is C22H29N3O5S2. The lowest BCUT2D eigenvalue weighted by Gasteiger charge is -2.22. The van der Waals surface area contributed by atoms with Crippen molar-refractivity contribution in [1.82, 2.24) is 9.88 Å². The molecule has 0 bridgehead atoms. The number of hydrogen-bond acceptors (Lipinski definition) is 6. The highest BCUT2D eigenvalue weighted by Crippen LogP contribution is 2.23. The van der Waals surface area contributed by atoms with E-state index in [9.17, 15) is 18.0 Å². The van der Waals surface area contributed by atoms with Crippen LogP contribution in [0.4, 0.5) is 0 Å². The third kappa shape index (κ3) is 6.52. The van der Waals surface area contributed by atoms with Gasteiger partial charge in [0.25, 0.3) is 5.91 Å². The minimum atomic E-state index is -3.92. The van der Waals surface area contributed by atoms with Crippen LogP contribution in [-0.2, 0) is 26.0 Å². The summed E-state index contributed by atoms with van der Waals surface area (Å²) >= 11 is 1.27. The normalized spacial score (nSPS) is 15.6. The molecule has 174 valence electrons. The molecule has 0 spiro atoms. The number of nitrogens with zero attached hydrogens (tertiary/aromatic N) is 2. The van der Waals surface area contributed by atoms with Crippen LogP contribution in [0.3, 0.4) is 0 Å². The van der Waals surface area contributed by atoms with Crippen molar-refractivity contribution < 1.29 is 22.7 Å². The van der Waals surface area contributed by atoms with E-state index in [0.29, 0.717) is 23.7 Å². The van der Waals surface area contributed by atoms with Gasteiger partial charge >= 0.3 is 0 Å². The Kier molecular flexibility index (Phi) is 8.25. The summed E-state index contributed by atoms with van der Waals surface area (Å²) in [7, 11) is -3.92. The monoisotopic (exact) mass is 479 g/mol. The second-order valence-electron chi connectivity index (χ2n) is 7.79. The maximum absolute atomic E-state index is 12.5. The maximum atomic E-state index is 12.5. The number of sulfone groups is 1. The largest absolute Gasteiger partial charge is 0.494 e. The topological polar surface area (TPSA) is 107 Å². The Morgan fingerprint density at radius 2 is 2.03 bits per heavy atom. The van der Waals surface area contributed by atoms with Gasteiger partial charge in [-0.1, -0.05) is 36.7 Å². The Hall–Kier alpha value is -2.46. The van der Waals surface area contributed by atoms with Crippen LogP contribution in [0.15, 0.2) is 35.8 Å². The van der Waals surface area contributed by atoms with E-state index >= 15 is 0 Å². The zero-order valence-electron chi connectivity index (χ0n) is 18.2. The van der Waals surface area contributed by atoms with Crippen LogP contribution in [0, 0.1) is 0 Å². The molecular weight excluding hydrogens is 450 g/mol. The van der Waals surface area contributed by atoms with Gasteiger partial charge in [0.1, 0.15) is 17.3 Å². The summed E-state index contributed by atoms with van der Waals surface area (Å²) in [4.78, 5) is 29.0. The van der Waals surface area contributed by atoms with Crippen molar-refractivity contribution in [3.8, 4) is 5.75 Å². The lowest BCUT2D eigenvalue weighted by atomic mass is 9.95. The van der Waals surface area contributed by atoms with E-state index in [-0.39, 0.29) is 6.04 Å². The molecule has 2 amide bonds. The van der Waals surface area contributed by atoms with Crippen LogP contribution in [0.2, 0.25) is 0 Å². The highest BCUT2D eigenvalue weighted by Gasteiger charge is 2.23. The Bertz CT molecular complexity index is 1160. The van der Waals surface area contributed by atoms with Gasteiger partial charge in [0.05, 0.1) is 16.8 Å². The number of carbonyl (C=O) groups excluding carboxylic acids is 2. The van der Waals surface area contributed by atoms with E-state index in [0.717, 1.165) is 42.3 Å². The van der Waals surface area contributed by atoms with Crippen molar-refractivity contribution in [2.24, 2.45) is 4.99 Å². The molecule has 1 N–H and O–H groups in total. The van der Waals surface area contributed by atoms with Gasteiger partial charge in [-0.25, -0.2) is 8.42 Å². The Labute approximate surface area is 191 Å². The molecule has 1 fully saturated rings. The van der Waals surface area contributed by atoms with Crippen molar-refractivity contribution in [2.45, 2.75) is 51.6 Å². The van der Waals surface area contributed by atoms with Crippen molar-refractivity contribution in [2.75, 3.05) is 18.1 Å². The van der Waals surface area contributed by atoms with E-state index in [2.05, 4.69) is 16.9 Å². The molecule has 2 aromatic rings. The van der Waals surface area contributed by atoms with Gasteiger partial charge in [-0.2, -0.15) is 4.99 Å². The smallest absolute Gasteiger partial charge is 0.263 e. The molecule has 8 nitrogen and oxygen atoms in total. The molecule has 0 unspecified atom stereocenters. The minimum absolute atomic E-state index is 0.0184. The number of amides is 2. The molecule has 32 heavy (non-hydrogen) atoms. The first kappa shape index (κ1) is 24.2. The standard InChI is InChI=1S/C22H29N3O5S2/c1-3-12-25-18-11-10-17(30-4-2)13-19(18)31-22(25)24-21(27)15-32(28,29)14-20(26)23-16-8-6-5-7-9-16/h3,10-11,13,16H,1,4-9,12,14-15H2,2H3,(H,23,26). The number of benzene rings is 1. The summed E-state index contributed by atoms with van der Waals surface area (Å²) in [6.45, 7) is 6.58. The fraction of sp³-hybridized carbons (Fsp3) is 0.500. The van der Waals surface area contributed by atoms with Crippen LogP contribution in [0.25, 0.3) is 10.2 Å². The fourth-order valence-corrected chi connectivity index (χ4v) is 5.91. The van der Waals surface area contributed by atoms with E-state index in [1.165, 1.54) is 11.3 Å². The summed E-state index contributed by atoms with van der Waals surface area (Å²) in [5.41, 5.74) is 0.847. The van der Waals surface area contributed by atoms with E-state index in [4.69, 9.17) is 4.74 Å². The molecule has 0 radical (unpaired) electrons. The number of carbonyl (C=O) groups is 2. The van der Waals surface area contributed by atoms with Crippen molar-refractivity contribution >= 4 is 43.2 Å². The van der Waals surface area contributed by atoms with E-state index < -0.39 is 33.2 Å². The second-order valence-corrected chi connectivity index (χ2v) is 10.9. The zero-order valence-corrected chi connectivity index (χ0v) is 19.8. The molecule has 0 atom stereocenters. The summed E-state index contributed by atoms with van der Waals surface area (Å²) < 4.78 is 33.0. The van der Waals surface area contributed by atoms with Gasteiger partial charge in [0.15, 0.2) is 14.6 Å². The van der Waals surface area contributed by atoms with Crippen LogP contribution < -0.4 is 14.9 Å². The highest BCUT2D eigenvalue weighted by atomic mass is 32.2. The molecule has 1 aromatic heterocycles. The molecule has 1 aliphatic rings. The average molecular weight is 480 g/mol. The van der Waals surface area contributed by atoms with Gasteiger partial charge < -0.3 is 14.6 Å². The first-order valence-electron chi connectivity index (χ1n) is 10.8. The predicted molar refractivity (Wildman–Crippen MR) is 125 cm³/mol. The molecule has 1 aromatic carbocycles. The maximum Gasteiger partial charge on any atom is 0.263 e. The molecule has 0 aliphatic heterocycles. The molecule has 0 saturated heterocycles. The minimum Gasteiger partial charge on any atom is -0.494 e. The molecule has 1 saturated carbocycles. The van der Waals surface area contributed by atoms with E-state index in [1.807, 2.05) is 25.1 Å². The van der Waals surface area contributed by atoms with Crippen molar-refractivity contribution in [3.05, 3.63) is 35.7 Å². The number of fused-ring (bicyclic) bond motifs is 1. The number of ether oxygens (including phenoxy) is 1. The van der Waals surface area contributed by atoms with Crippen LogP contribution in [0.5, 0.6) is 5.75 Å². The van der Waals surface area contributed by atoms with Crippen molar-refractivity contribution in [1.29, 1.82) is 0 Å². The van der Waals surface area contributed by atoms with Gasteiger partial charge in [-0.05, 0) is 38.0 Å². The summed E-state index contributed by atoms with van der Waals surface area (Å²) in [5, 5.41) is 2.77. The van der Waals surface area contributed by atoms with Crippen molar-refractivity contribution in [3.63, 3.8) is 0 Å². The SMILES string of the molecule is C=CCn1c(=NC(=O)CS(=O)(=O)CC(=O)NC2CCCCC2)sc2cc(OCC)ccc21. The summed E-state index contributed by atoms with van der Waals surface area (Å²) in [6, 6.07) is 5.58. The van der Waals surface area contributed by atoms with Crippen LogP contribution in [-0.4, -0.2) is 49.0 Å². The molecule has 3 rings (SSSR count).